The van der Waals surface area contributed by atoms with Crippen LogP contribution in [0.4, 0.5) is 0 Å². The van der Waals surface area contributed by atoms with E-state index >= 15 is 0 Å². The van der Waals surface area contributed by atoms with Crippen molar-refractivity contribution in [2.24, 2.45) is 0 Å². The van der Waals surface area contributed by atoms with Crippen molar-refractivity contribution in [2.45, 2.75) is 319 Å². The summed E-state index contributed by atoms with van der Waals surface area (Å²) in [5.74, 6) is -0.597. The number of aliphatic hydroxyl groups is 7. The van der Waals surface area contributed by atoms with Crippen LogP contribution in [0.15, 0.2) is 24.3 Å². The third kappa shape index (κ3) is 35.8. The first-order chi connectivity index (χ1) is 33.8. The van der Waals surface area contributed by atoms with Crippen LogP contribution in [0.1, 0.15) is 264 Å². The largest absolute Gasteiger partial charge is 0.472 e. The molecule has 1 saturated carbocycles. The highest BCUT2D eigenvalue weighted by molar-refractivity contribution is 7.47. The monoisotopic (exact) mass is 1020 g/mol. The minimum atomic E-state index is -5.15. The van der Waals surface area contributed by atoms with Crippen molar-refractivity contribution in [3.05, 3.63) is 24.3 Å². The van der Waals surface area contributed by atoms with Gasteiger partial charge in [0.2, 0.25) is 5.91 Å². The fraction of sp³-hybridized carbons (Fsp3) is 0.911. The van der Waals surface area contributed by atoms with E-state index in [0.717, 1.165) is 44.9 Å². The molecule has 1 fully saturated rings. The number of phosphoric ester groups is 1. The molecule has 0 aromatic carbocycles. The summed E-state index contributed by atoms with van der Waals surface area (Å²) in [6, 6.07) is -1.25. The molecule has 0 saturated heterocycles. The van der Waals surface area contributed by atoms with Crippen molar-refractivity contribution in [1.29, 1.82) is 0 Å². The minimum Gasteiger partial charge on any atom is -0.393 e. The highest BCUT2D eigenvalue weighted by Crippen LogP contribution is 2.47. The Hall–Kier alpha value is -1.22. The summed E-state index contributed by atoms with van der Waals surface area (Å²) < 4.78 is 23.0. The Kier molecular flexibility index (Phi) is 43.1. The van der Waals surface area contributed by atoms with Gasteiger partial charge in [-0.25, -0.2) is 4.57 Å². The highest BCUT2D eigenvalue weighted by Gasteiger charge is 2.51. The molecule has 0 bridgehead atoms. The molecule has 1 aliphatic carbocycles. The maximum Gasteiger partial charge on any atom is 0.472 e. The number of hydrogen-bond acceptors (Lipinski definition) is 11. The molecule has 1 aliphatic rings. The smallest absolute Gasteiger partial charge is 0.393 e. The molecule has 0 aliphatic heterocycles. The Morgan fingerprint density at radius 1 is 0.500 bits per heavy atom. The minimum absolute atomic E-state index is 0.248. The van der Waals surface area contributed by atoms with Gasteiger partial charge in [0.1, 0.15) is 36.6 Å². The van der Waals surface area contributed by atoms with Crippen molar-refractivity contribution >= 4 is 13.7 Å². The molecule has 1 rings (SSSR count). The number of allylic oxidation sites excluding steroid dienone is 3. The van der Waals surface area contributed by atoms with Gasteiger partial charge in [0.25, 0.3) is 0 Å². The quantitative estimate of drug-likeness (QED) is 0.0158. The number of carbonyl (C=O) groups is 1. The second-order valence-corrected chi connectivity index (χ2v) is 22.1. The van der Waals surface area contributed by atoms with Crippen LogP contribution in [-0.2, 0) is 18.4 Å². The number of nitrogens with one attached hydrogen (secondary N) is 1. The van der Waals surface area contributed by atoms with Gasteiger partial charge < -0.3 is 46.0 Å². The summed E-state index contributed by atoms with van der Waals surface area (Å²) in [6.45, 7) is 3.78. The lowest BCUT2D eigenvalue weighted by Crippen LogP contribution is -2.64. The Morgan fingerprint density at radius 3 is 1.26 bits per heavy atom. The van der Waals surface area contributed by atoms with Gasteiger partial charge in [-0.05, 0) is 32.1 Å². The van der Waals surface area contributed by atoms with Gasteiger partial charge in [-0.3, -0.25) is 13.8 Å². The lowest BCUT2D eigenvalue weighted by molar-refractivity contribution is -0.220. The number of hydrogen-bond donors (Lipinski definition) is 9. The number of unbranched alkanes of at least 4 members (excludes halogenated alkanes) is 34. The van der Waals surface area contributed by atoms with Crippen molar-refractivity contribution in [2.75, 3.05) is 6.61 Å². The molecule has 8 unspecified atom stereocenters. The molecule has 414 valence electrons. The summed E-state index contributed by atoms with van der Waals surface area (Å²) in [6.07, 6.45) is 39.8. The predicted octanol–water partition coefficient (Wildman–Crippen LogP) is 11.9. The van der Waals surface area contributed by atoms with Crippen molar-refractivity contribution < 1.29 is 59.0 Å². The Balaban J connectivity index is 2.43. The van der Waals surface area contributed by atoms with Crippen LogP contribution in [0.3, 0.4) is 0 Å². The van der Waals surface area contributed by atoms with Crippen molar-refractivity contribution in [3.63, 3.8) is 0 Å². The first-order valence-electron chi connectivity index (χ1n) is 28.9. The Bertz CT molecular complexity index is 1290. The summed E-state index contributed by atoms with van der Waals surface area (Å²) in [5.41, 5.74) is 0. The molecule has 70 heavy (non-hydrogen) atoms. The maximum atomic E-state index is 13.1. The topological polar surface area (TPSA) is 226 Å². The van der Waals surface area contributed by atoms with E-state index in [0.29, 0.717) is 12.8 Å². The molecule has 1 amide bonds. The fourth-order valence-electron chi connectivity index (χ4n) is 9.38. The zero-order chi connectivity index (χ0) is 51.5. The van der Waals surface area contributed by atoms with Crippen LogP contribution in [0.2, 0.25) is 0 Å². The standard InChI is InChI=1S/C56H108NO12P/c1-3-5-7-9-11-13-15-17-19-21-23-25-27-29-31-33-35-37-39-41-43-47(58)45-50(60)57-48(46-68-70(66,67)69-56-54(64)52(62)51(61)53(63)55(56)65)49(59)44-42-40-38-36-34-32-30-28-26-24-22-20-18-16-14-12-10-8-6-4-2/h34,36,42,44,47-49,51-56,58-59,61-65H,3-33,35,37-41,43,45-46H2,1-2H3,(H,57,60)(H,66,67)/b36-34+,44-42+. The van der Waals surface area contributed by atoms with E-state index in [1.54, 1.807) is 6.08 Å². The average Bonchev–Trinajstić information content (AvgIpc) is 3.34. The molecule has 0 aromatic rings. The fourth-order valence-corrected chi connectivity index (χ4v) is 10.3. The number of aliphatic hydroxyl groups excluding tert-OH is 7. The number of rotatable bonds is 49. The molecule has 0 radical (unpaired) electrons. The summed E-state index contributed by atoms with van der Waals surface area (Å²) in [5, 5.41) is 74.8. The van der Waals surface area contributed by atoms with Gasteiger partial charge in [0, 0.05) is 0 Å². The third-order valence-corrected chi connectivity index (χ3v) is 15.0. The van der Waals surface area contributed by atoms with Crippen LogP contribution in [0.25, 0.3) is 0 Å². The Labute approximate surface area is 426 Å². The molecule has 0 spiro atoms. The van der Waals surface area contributed by atoms with E-state index in [-0.39, 0.29) is 6.42 Å². The summed E-state index contributed by atoms with van der Waals surface area (Å²) in [7, 11) is -5.15. The number of amides is 1. The van der Waals surface area contributed by atoms with Gasteiger partial charge in [0.05, 0.1) is 31.3 Å². The van der Waals surface area contributed by atoms with E-state index in [1.807, 2.05) is 0 Å². The normalized spacial score (nSPS) is 21.9. The lowest BCUT2D eigenvalue weighted by atomic mass is 9.85. The molecule has 13 nitrogen and oxygen atoms in total. The molecule has 14 heteroatoms. The zero-order valence-corrected chi connectivity index (χ0v) is 45.3. The summed E-state index contributed by atoms with van der Waals surface area (Å²) in [4.78, 5) is 23.6. The lowest BCUT2D eigenvalue weighted by Gasteiger charge is -2.41. The summed E-state index contributed by atoms with van der Waals surface area (Å²) >= 11 is 0. The van der Waals surface area contributed by atoms with E-state index in [1.165, 1.54) is 192 Å². The van der Waals surface area contributed by atoms with Crippen LogP contribution in [0, 0.1) is 0 Å². The third-order valence-electron chi connectivity index (χ3n) is 14.0. The predicted molar refractivity (Wildman–Crippen MR) is 284 cm³/mol. The van der Waals surface area contributed by atoms with Crippen molar-refractivity contribution in [3.8, 4) is 0 Å². The molecule has 9 N–H and O–H groups in total. The Morgan fingerprint density at radius 2 is 0.843 bits per heavy atom. The van der Waals surface area contributed by atoms with E-state index in [2.05, 4.69) is 31.3 Å². The molecule has 0 aromatic heterocycles. The van der Waals surface area contributed by atoms with E-state index in [4.69, 9.17) is 9.05 Å². The first-order valence-corrected chi connectivity index (χ1v) is 30.4. The van der Waals surface area contributed by atoms with Crippen LogP contribution in [0.5, 0.6) is 0 Å². The van der Waals surface area contributed by atoms with Gasteiger partial charge in [-0.2, -0.15) is 0 Å². The van der Waals surface area contributed by atoms with Gasteiger partial charge in [-0.15, -0.1) is 0 Å². The zero-order valence-electron chi connectivity index (χ0n) is 44.4. The van der Waals surface area contributed by atoms with E-state index < -0.39 is 75.2 Å². The average molecular weight is 1020 g/mol. The second-order valence-electron chi connectivity index (χ2n) is 20.7. The maximum absolute atomic E-state index is 13.1. The van der Waals surface area contributed by atoms with Gasteiger partial charge in [0.15, 0.2) is 0 Å². The molecular formula is C56H108NO12P. The molecule has 8 atom stereocenters. The number of phosphoric acid groups is 1. The van der Waals surface area contributed by atoms with Gasteiger partial charge in [-0.1, -0.05) is 250 Å². The second kappa shape index (κ2) is 45.2. The van der Waals surface area contributed by atoms with E-state index in [9.17, 15) is 50.0 Å². The first kappa shape index (κ1) is 66.8. The SMILES string of the molecule is CCCCCCCCCCCCCCCC/C=C/CC/C=C/C(O)C(COP(=O)(O)OC1C(O)C(O)C(O)C(O)C1O)NC(=O)CC(O)CCCCCCCCCCCCCCCCCCCCCC. The molecule has 0 heterocycles. The molecular weight excluding hydrogens is 910 g/mol. The number of carbonyl (C=O) groups excluding carboxylic acids is 1. The van der Waals surface area contributed by atoms with Gasteiger partial charge >= 0.3 is 7.82 Å². The van der Waals surface area contributed by atoms with Crippen LogP contribution in [-0.4, -0.2) is 108 Å². The van der Waals surface area contributed by atoms with Crippen molar-refractivity contribution in [1.82, 2.24) is 5.32 Å². The van der Waals surface area contributed by atoms with Crippen LogP contribution < -0.4 is 5.32 Å². The van der Waals surface area contributed by atoms with Crippen LogP contribution >= 0.6 is 7.82 Å². The highest BCUT2D eigenvalue weighted by atomic mass is 31.2.